The zero-order valence-electron chi connectivity index (χ0n) is 11.6. The molecule has 4 heteroatoms. The molecule has 0 amide bonds. The molecular weight excluding hydrogens is 328 g/mol. The number of halogens is 1. The Bertz CT molecular complexity index is 787. The van der Waals surface area contributed by atoms with E-state index in [0.29, 0.717) is 5.75 Å². The molecule has 0 aliphatic carbocycles. The van der Waals surface area contributed by atoms with E-state index in [-0.39, 0.29) is 6.04 Å². The molecule has 0 spiro atoms. The van der Waals surface area contributed by atoms with Gasteiger partial charge in [0.15, 0.2) is 0 Å². The van der Waals surface area contributed by atoms with Crippen molar-refractivity contribution in [2.75, 3.05) is 0 Å². The van der Waals surface area contributed by atoms with Crippen LogP contribution in [0.25, 0.3) is 10.9 Å². The number of nitrogens with zero attached hydrogens (tertiary/aromatic N) is 1. The Labute approximate surface area is 131 Å². The summed E-state index contributed by atoms with van der Waals surface area (Å²) in [5.74, 6) is 1.46. The number of aromatic nitrogens is 1. The van der Waals surface area contributed by atoms with Gasteiger partial charge in [-0.15, -0.1) is 0 Å². The Morgan fingerprint density at radius 3 is 2.71 bits per heavy atom. The van der Waals surface area contributed by atoms with Crippen molar-refractivity contribution in [2.24, 2.45) is 5.73 Å². The lowest BCUT2D eigenvalue weighted by molar-refractivity contribution is 0.478. The van der Waals surface area contributed by atoms with Gasteiger partial charge in [0.25, 0.3) is 0 Å². The molecule has 0 aliphatic rings. The predicted octanol–water partition coefficient (Wildman–Crippen LogP) is 4.81. The molecule has 1 atom stereocenters. The van der Waals surface area contributed by atoms with Gasteiger partial charge in [-0.05, 0) is 52.7 Å². The van der Waals surface area contributed by atoms with E-state index in [1.54, 1.807) is 6.20 Å². The normalized spacial score (nSPS) is 12.3. The van der Waals surface area contributed by atoms with Crippen LogP contribution in [0, 0.1) is 0 Å². The van der Waals surface area contributed by atoms with E-state index in [2.05, 4.69) is 20.9 Å². The Morgan fingerprint density at radius 2 is 1.95 bits per heavy atom. The van der Waals surface area contributed by atoms with Crippen LogP contribution in [-0.2, 0) is 0 Å². The molecule has 0 aliphatic heterocycles. The summed E-state index contributed by atoms with van der Waals surface area (Å²) >= 11 is 3.52. The molecule has 0 saturated carbocycles. The topological polar surface area (TPSA) is 48.1 Å². The summed E-state index contributed by atoms with van der Waals surface area (Å²) in [4.78, 5) is 4.39. The number of rotatable bonds is 3. The summed E-state index contributed by atoms with van der Waals surface area (Å²) < 4.78 is 6.78. The summed E-state index contributed by atoms with van der Waals surface area (Å²) in [7, 11) is 0. The van der Waals surface area contributed by atoms with Crippen LogP contribution in [0.5, 0.6) is 11.5 Å². The fourth-order valence-corrected chi connectivity index (χ4v) is 2.59. The summed E-state index contributed by atoms with van der Waals surface area (Å²) in [5.41, 5.74) is 7.89. The zero-order chi connectivity index (χ0) is 14.8. The third kappa shape index (κ3) is 3.06. The lowest BCUT2D eigenvalue weighted by Crippen LogP contribution is -2.04. The van der Waals surface area contributed by atoms with E-state index < -0.39 is 0 Å². The lowest BCUT2D eigenvalue weighted by Gasteiger charge is -2.11. The van der Waals surface area contributed by atoms with Crippen LogP contribution < -0.4 is 10.5 Å². The molecule has 0 fully saturated rings. The molecule has 0 unspecified atom stereocenters. The largest absolute Gasteiger partial charge is 0.455 e. The highest BCUT2D eigenvalue weighted by atomic mass is 79.9. The second kappa shape index (κ2) is 5.84. The van der Waals surface area contributed by atoms with Gasteiger partial charge in [-0.3, -0.25) is 4.98 Å². The first-order valence-corrected chi connectivity index (χ1v) is 7.50. The van der Waals surface area contributed by atoms with Crippen LogP contribution >= 0.6 is 15.9 Å². The second-order valence-corrected chi connectivity index (χ2v) is 5.80. The first-order chi connectivity index (χ1) is 10.1. The molecule has 3 aromatic rings. The highest BCUT2D eigenvalue weighted by molar-refractivity contribution is 9.10. The van der Waals surface area contributed by atoms with E-state index in [1.165, 1.54) is 0 Å². The first-order valence-electron chi connectivity index (χ1n) is 6.71. The quantitative estimate of drug-likeness (QED) is 0.742. The molecule has 2 N–H and O–H groups in total. The molecule has 2 aromatic carbocycles. The van der Waals surface area contributed by atoms with Crippen molar-refractivity contribution < 1.29 is 4.74 Å². The van der Waals surface area contributed by atoms with Crippen LogP contribution in [0.4, 0.5) is 0 Å². The Hall–Kier alpha value is -1.91. The number of para-hydroxylation sites is 1. The zero-order valence-corrected chi connectivity index (χ0v) is 13.2. The van der Waals surface area contributed by atoms with E-state index in [1.807, 2.05) is 55.5 Å². The summed E-state index contributed by atoms with van der Waals surface area (Å²) in [5, 5.41) is 1.05. The molecule has 3 nitrogen and oxygen atoms in total. The maximum absolute atomic E-state index is 5.90. The SMILES string of the molecule is C[C@H](N)c1ccc(Oc2cnc3ccccc3c2)c(Br)c1. The average Bonchev–Trinajstić information content (AvgIpc) is 2.49. The molecule has 0 bridgehead atoms. The highest BCUT2D eigenvalue weighted by Crippen LogP contribution is 2.32. The Kier molecular flexibility index (Phi) is 3.90. The fraction of sp³-hybridized carbons (Fsp3) is 0.118. The monoisotopic (exact) mass is 342 g/mol. The third-order valence-electron chi connectivity index (χ3n) is 3.27. The van der Waals surface area contributed by atoms with Gasteiger partial charge in [0.1, 0.15) is 11.5 Å². The van der Waals surface area contributed by atoms with Crippen molar-refractivity contribution in [3.8, 4) is 11.5 Å². The van der Waals surface area contributed by atoms with E-state index >= 15 is 0 Å². The maximum Gasteiger partial charge on any atom is 0.146 e. The van der Waals surface area contributed by atoms with Gasteiger partial charge in [0.2, 0.25) is 0 Å². The van der Waals surface area contributed by atoms with Gasteiger partial charge >= 0.3 is 0 Å². The Morgan fingerprint density at radius 1 is 1.14 bits per heavy atom. The minimum atomic E-state index is -0.00214. The van der Waals surface area contributed by atoms with Crippen molar-refractivity contribution in [1.29, 1.82) is 0 Å². The molecule has 21 heavy (non-hydrogen) atoms. The van der Waals surface area contributed by atoms with Gasteiger partial charge in [-0.25, -0.2) is 0 Å². The molecule has 1 heterocycles. The van der Waals surface area contributed by atoms with Gasteiger partial charge in [-0.2, -0.15) is 0 Å². The van der Waals surface area contributed by atoms with Crippen molar-refractivity contribution in [1.82, 2.24) is 4.98 Å². The van der Waals surface area contributed by atoms with E-state index in [0.717, 1.165) is 26.7 Å². The van der Waals surface area contributed by atoms with Crippen molar-refractivity contribution in [3.05, 3.63) is 64.8 Å². The number of benzene rings is 2. The number of ether oxygens (including phenoxy) is 1. The summed E-state index contributed by atoms with van der Waals surface area (Å²) in [6, 6.07) is 15.8. The van der Waals surface area contributed by atoms with Gasteiger partial charge in [-0.1, -0.05) is 24.3 Å². The summed E-state index contributed by atoms with van der Waals surface area (Å²) in [6.45, 7) is 1.95. The van der Waals surface area contributed by atoms with Crippen molar-refractivity contribution in [3.63, 3.8) is 0 Å². The number of hydrogen-bond donors (Lipinski definition) is 1. The van der Waals surface area contributed by atoms with Crippen LogP contribution in [-0.4, -0.2) is 4.98 Å². The smallest absolute Gasteiger partial charge is 0.146 e. The van der Waals surface area contributed by atoms with Crippen LogP contribution in [0.2, 0.25) is 0 Å². The van der Waals surface area contributed by atoms with Crippen LogP contribution in [0.1, 0.15) is 18.5 Å². The van der Waals surface area contributed by atoms with E-state index in [4.69, 9.17) is 10.5 Å². The molecule has 0 saturated heterocycles. The number of pyridine rings is 1. The first kappa shape index (κ1) is 14.0. The van der Waals surface area contributed by atoms with Gasteiger partial charge in [0.05, 0.1) is 16.2 Å². The van der Waals surface area contributed by atoms with Crippen molar-refractivity contribution in [2.45, 2.75) is 13.0 Å². The maximum atomic E-state index is 5.90. The van der Waals surface area contributed by atoms with Crippen molar-refractivity contribution >= 4 is 26.8 Å². The molecular formula is C17H15BrN2O. The average molecular weight is 343 g/mol. The highest BCUT2D eigenvalue weighted by Gasteiger charge is 2.07. The summed E-state index contributed by atoms with van der Waals surface area (Å²) in [6.07, 6.45) is 1.73. The molecule has 0 radical (unpaired) electrons. The predicted molar refractivity (Wildman–Crippen MR) is 88.6 cm³/mol. The lowest BCUT2D eigenvalue weighted by atomic mass is 10.1. The van der Waals surface area contributed by atoms with Gasteiger partial charge < -0.3 is 10.5 Å². The molecule has 3 rings (SSSR count). The minimum Gasteiger partial charge on any atom is -0.455 e. The Balaban J connectivity index is 1.91. The minimum absolute atomic E-state index is 0.00214. The number of hydrogen-bond acceptors (Lipinski definition) is 3. The number of nitrogens with two attached hydrogens (primary N) is 1. The third-order valence-corrected chi connectivity index (χ3v) is 3.89. The molecule has 1 aromatic heterocycles. The number of fused-ring (bicyclic) bond motifs is 1. The van der Waals surface area contributed by atoms with E-state index in [9.17, 15) is 0 Å². The van der Waals surface area contributed by atoms with Crippen LogP contribution in [0.15, 0.2) is 59.2 Å². The fourth-order valence-electron chi connectivity index (χ4n) is 2.12. The second-order valence-electron chi connectivity index (χ2n) is 4.94. The molecule has 106 valence electrons. The standard InChI is InChI=1S/C17H15BrN2O/c1-11(19)12-6-7-17(15(18)9-12)21-14-8-13-4-2-3-5-16(13)20-10-14/h2-11H,19H2,1H3/t11-/m0/s1. The van der Waals surface area contributed by atoms with Crippen LogP contribution in [0.3, 0.4) is 0 Å². The van der Waals surface area contributed by atoms with Gasteiger partial charge in [0, 0.05) is 11.4 Å².